The highest BCUT2D eigenvalue weighted by Crippen LogP contribution is 2.04. The van der Waals surface area contributed by atoms with Gasteiger partial charge in [0, 0.05) is 24.5 Å². The summed E-state index contributed by atoms with van der Waals surface area (Å²) >= 11 is 0. The summed E-state index contributed by atoms with van der Waals surface area (Å²) in [4.78, 5) is 18.6. The van der Waals surface area contributed by atoms with Crippen LogP contribution < -0.4 is 5.32 Å². The van der Waals surface area contributed by atoms with Crippen LogP contribution in [0.5, 0.6) is 0 Å². The van der Waals surface area contributed by atoms with E-state index in [-0.39, 0.29) is 0 Å². The second-order valence-electron chi connectivity index (χ2n) is 3.29. The van der Waals surface area contributed by atoms with Gasteiger partial charge in [0.15, 0.2) is 0 Å². The summed E-state index contributed by atoms with van der Waals surface area (Å²) in [7, 11) is 0. The molecule has 0 aliphatic heterocycles. The maximum absolute atomic E-state index is 10.5. The number of carbonyl (C=O) groups is 1. The third kappa shape index (κ3) is 2.63. The van der Waals surface area contributed by atoms with Crippen molar-refractivity contribution in [3.63, 3.8) is 0 Å². The minimum absolute atomic E-state index is 0.599. The number of hydrogen-bond acceptors (Lipinski definition) is 4. The summed E-state index contributed by atoms with van der Waals surface area (Å²) in [6.45, 7) is 0.642. The Balaban J connectivity index is 1.97. The van der Waals surface area contributed by atoms with Crippen LogP contribution in [-0.2, 0) is 6.54 Å². The van der Waals surface area contributed by atoms with Gasteiger partial charge in [-0.1, -0.05) is 24.3 Å². The van der Waals surface area contributed by atoms with Gasteiger partial charge in [0.05, 0.1) is 0 Å². The Hall–Kier alpha value is -2.23. The van der Waals surface area contributed by atoms with Gasteiger partial charge in [0.1, 0.15) is 6.29 Å². The van der Waals surface area contributed by atoms with Crippen LogP contribution in [0.2, 0.25) is 0 Å². The second-order valence-corrected chi connectivity index (χ2v) is 3.29. The van der Waals surface area contributed by atoms with Crippen LogP contribution in [0.15, 0.2) is 42.7 Å². The first-order valence-electron chi connectivity index (χ1n) is 4.93. The summed E-state index contributed by atoms with van der Waals surface area (Å²) in [6.07, 6.45) is 4.20. The maximum Gasteiger partial charge on any atom is 0.222 e. The lowest BCUT2D eigenvalue weighted by Crippen LogP contribution is -2.02. The molecule has 2 rings (SSSR count). The zero-order valence-corrected chi connectivity index (χ0v) is 8.63. The van der Waals surface area contributed by atoms with Crippen molar-refractivity contribution in [1.29, 1.82) is 0 Å². The van der Waals surface area contributed by atoms with Crippen LogP contribution in [0.25, 0.3) is 0 Å². The summed E-state index contributed by atoms with van der Waals surface area (Å²) in [5.41, 5.74) is 1.76. The van der Waals surface area contributed by atoms with E-state index in [2.05, 4.69) is 15.3 Å². The predicted molar refractivity (Wildman–Crippen MR) is 61.2 cm³/mol. The fourth-order valence-electron chi connectivity index (χ4n) is 1.29. The van der Waals surface area contributed by atoms with Crippen molar-refractivity contribution in [1.82, 2.24) is 9.97 Å². The largest absolute Gasteiger partial charge is 0.350 e. The van der Waals surface area contributed by atoms with Crippen molar-refractivity contribution >= 4 is 12.2 Å². The Kier molecular flexibility index (Phi) is 3.23. The molecule has 0 aliphatic carbocycles. The molecule has 16 heavy (non-hydrogen) atoms. The highest BCUT2D eigenvalue weighted by atomic mass is 16.1. The number of hydrogen-bond donors (Lipinski definition) is 1. The van der Waals surface area contributed by atoms with E-state index in [9.17, 15) is 4.79 Å². The van der Waals surface area contributed by atoms with Gasteiger partial charge in [0.2, 0.25) is 5.95 Å². The Bertz CT molecular complexity index is 453. The number of aldehydes is 1. The van der Waals surface area contributed by atoms with E-state index in [0.29, 0.717) is 18.1 Å². The smallest absolute Gasteiger partial charge is 0.222 e. The molecule has 0 atom stereocenters. The first-order chi connectivity index (χ1) is 7.88. The van der Waals surface area contributed by atoms with E-state index in [1.54, 1.807) is 30.6 Å². The predicted octanol–water partition coefficient (Wildman–Crippen LogP) is 1.90. The first kappa shape index (κ1) is 10.3. The molecule has 0 radical (unpaired) electrons. The monoisotopic (exact) mass is 213 g/mol. The zero-order valence-electron chi connectivity index (χ0n) is 8.63. The summed E-state index contributed by atoms with van der Waals surface area (Å²) in [6, 6.07) is 9.15. The van der Waals surface area contributed by atoms with Crippen LogP contribution in [0, 0.1) is 0 Å². The minimum Gasteiger partial charge on any atom is -0.350 e. The van der Waals surface area contributed by atoms with E-state index in [1.165, 1.54) is 0 Å². The van der Waals surface area contributed by atoms with Crippen LogP contribution in [0.1, 0.15) is 15.9 Å². The van der Waals surface area contributed by atoms with E-state index in [0.717, 1.165) is 11.8 Å². The van der Waals surface area contributed by atoms with Crippen molar-refractivity contribution in [3.8, 4) is 0 Å². The van der Waals surface area contributed by atoms with Gasteiger partial charge in [-0.05, 0) is 11.6 Å². The van der Waals surface area contributed by atoms with E-state index >= 15 is 0 Å². The molecule has 0 bridgehead atoms. The minimum atomic E-state index is 0.599. The summed E-state index contributed by atoms with van der Waals surface area (Å²) < 4.78 is 0. The Morgan fingerprint density at radius 1 is 1.12 bits per heavy atom. The molecule has 1 aromatic heterocycles. The Morgan fingerprint density at radius 3 is 2.44 bits per heavy atom. The fourth-order valence-corrected chi connectivity index (χ4v) is 1.29. The average Bonchev–Trinajstić information content (AvgIpc) is 2.38. The normalized spacial score (nSPS) is 9.75. The van der Waals surface area contributed by atoms with Crippen molar-refractivity contribution in [2.45, 2.75) is 6.54 Å². The quantitative estimate of drug-likeness (QED) is 0.788. The third-order valence-corrected chi connectivity index (χ3v) is 2.13. The zero-order chi connectivity index (χ0) is 11.2. The lowest BCUT2D eigenvalue weighted by atomic mass is 10.1. The molecule has 0 saturated heterocycles. The standard InChI is InChI=1S/C12H11N3O/c16-9-11-4-2-10(3-5-11)8-15-12-13-6-1-7-14-12/h1-7,9H,8H2,(H,13,14,15). The topological polar surface area (TPSA) is 54.9 Å². The van der Waals surface area contributed by atoms with Crippen LogP contribution >= 0.6 is 0 Å². The molecule has 0 unspecified atom stereocenters. The van der Waals surface area contributed by atoms with Crippen LogP contribution in [0.4, 0.5) is 5.95 Å². The molecule has 80 valence electrons. The number of carbonyl (C=O) groups excluding carboxylic acids is 1. The molecule has 4 nitrogen and oxygen atoms in total. The molecular weight excluding hydrogens is 202 g/mol. The Labute approximate surface area is 93.4 Å². The van der Waals surface area contributed by atoms with Gasteiger partial charge in [-0.2, -0.15) is 0 Å². The molecule has 0 aliphatic rings. The summed E-state index contributed by atoms with van der Waals surface area (Å²) in [5, 5.41) is 3.09. The SMILES string of the molecule is O=Cc1ccc(CNc2ncccn2)cc1. The van der Waals surface area contributed by atoms with E-state index in [4.69, 9.17) is 0 Å². The van der Waals surface area contributed by atoms with Gasteiger partial charge >= 0.3 is 0 Å². The van der Waals surface area contributed by atoms with E-state index < -0.39 is 0 Å². The molecule has 0 spiro atoms. The number of benzene rings is 1. The van der Waals surface area contributed by atoms with Gasteiger partial charge in [-0.25, -0.2) is 9.97 Å². The number of nitrogens with one attached hydrogen (secondary N) is 1. The van der Waals surface area contributed by atoms with Gasteiger partial charge in [-0.3, -0.25) is 4.79 Å². The van der Waals surface area contributed by atoms with Crippen molar-refractivity contribution in [3.05, 3.63) is 53.9 Å². The molecule has 0 saturated carbocycles. The summed E-state index contributed by atoms with van der Waals surface area (Å²) in [5.74, 6) is 0.599. The van der Waals surface area contributed by atoms with Crippen molar-refractivity contribution < 1.29 is 4.79 Å². The number of aromatic nitrogens is 2. The molecule has 1 heterocycles. The molecule has 2 aromatic rings. The molecular formula is C12H11N3O. The maximum atomic E-state index is 10.5. The third-order valence-electron chi connectivity index (χ3n) is 2.13. The number of rotatable bonds is 4. The van der Waals surface area contributed by atoms with Crippen LogP contribution in [-0.4, -0.2) is 16.3 Å². The van der Waals surface area contributed by atoms with Crippen LogP contribution in [0.3, 0.4) is 0 Å². The molecule has 1 aromatic carbocycles. The van der Waals surface area contributed by atoms with Gasteiger partial charge in [0.25, 0.3) is 0 Å². The second kappa shape index (κ2) is 5.02. The Morgan fingerprint density at radius 2 is 1.81 bits per heavy atom. The lowest BCUT2D eigenvalue weighted by Gasteiger charge is -2.03. The van der Waals surface area contributed by atoms with Crippen molar-refractivity contribution in [2.24, 2.45) is 0 Å². The molecule has 4 heteroatoms. The van der Waals surface area contributed by atoms with Gasteiger partial charge in [-0.15, -0.1) is 0 Å². The molecule has 1 N–H and O–H groups in total. The number of anilines is 1. The highest BCUT2D eigenvalue weighted by molar-refractivity contribution is 5.74. The molecule has 0 fully saturated rings. The first-order valence-corrected chi connectivity index (χ1v) is 4.93. The average molecular weight is 213 g/mol. The molecule has 0 amide bonds. The number of nitrogens with zero attached hydrogens (tertiary/aromatic N) is 2. The highest BCUT2D eigenvalue weighted by Gasteiger charge is 1.95. The van der Waals surface area contributed by atoms with E-state index in [1.807, 2.05) is 12.1 Å². The van der Waals surface area contributed by atoms with Gasteiger partial charge < -0.3 is 5.32 Å². The lowest BCUT2D eigenvalue weighted by molar-refractivity contribution is 0.112. The fraction of sp³-hybridized carbons (Fsp3) is 0.0833. The van der Waals surface area contributed by atoms with Crippen molar-refractivity contribution in [2.75, 3.05) is 5.32 Å².